The van der Waals surface area contributed by atoms with E-state index in [1.54, 1.807) is 12.3 Å². The van der Waals surface area contributed by atoms with E-state index >= 15 is 0 Å². The smallest absolute Gasteiger partial charge is 0.307 e. The van der Waals surface area contributed by atoms with Gasteiger partial charge >= 0.3 is 5.91 Å². The first-order chi connectivity index (χ1) is 13.5. The van der Waals surface area contributed by atoms with Gasteiger partial charge in [-0.25, -0.2) is 5.43 Å². The van der Waals surface area contributed by atoms with Gasteiger partial charge in [0.2, 0.25) is 0 Å². The van der Waals surface area contributed by atoms with Crippen LogP contribution in [0, 0.1) is 13.8 Å². The Bertz CT molecular complexity index is 1150. The molecule has 2 heterocycles. The van der Waals surface area contributed by atoms with Crippen molar-refractivity contribution in [3.63, 3.8) is 0 Å². The number of aryl methyl sites for hydroxylation is 1. The molecule has 1 N–H and O–H groups in total. The van der Waals surface area contributed by atoms with Crippen LogP contribution < -0.4 is 5.43 Å². The summed E-state index contributed by atoms with van der Waals surface area (Å²) in [4.78, 5) is 12.3. The molecule has 0 aliphatic rings. The fraction of sp³-hybridized carbons (Fsp3) is 0.0909. The monoisotopic (exact) mass is 391 g/mol. The van der Waals surface area contributed by atoms with Gasteiger partial charge in [-0.15, -0.1) is 0 Å². The summed E-state index contributed by atoms with van der Waals surface area (Å²) in [6, 6.07) is 18.8. The number of halogens is 1. The van der Waals surface area contributed by atoms with Gasteiger partial charge in [0.1, 0.15) is 5.58 Å². The quantitative estimate of drug-likeness (QED) is 0.381. The SMILES string of the molecule is Cc1cc(/C=N\NC(=O)c2cc3ccccc3o2)c(C)n1-c1ccc(Cl)cc1. The average molecular weight is 392 g/mol. The summed E-state index contributed by atoms with van der Waals surface area (Å²) in [6.07, 6.45) is 1.63. The van der Waals surface area contributed by atoms with Crippen LogP contribution >= 0.6 is 11.6 Å². The maximum Gasteiger partial charge on any atom is 0.307 e. The number of nitrogens with one attached hydrogen (secondary N) is 1. The van der Waals surface area contributed by atoms with E-state index in [4.69, 9.17) is 16.0 Å². The number of benzene rings is 2. The van der Waals surface area contributed by atoms with Crippen LogP contribution in [0.5, 0.6) is 0 Å². The zero-order chi connectivity index (χ0) is 19.7. The predicted octanol–water partition coefficient (Wildman–Crippen LogP) is 5.26. The van der Waals surface area contributed by atoms with Crippen LogP contribution in [0.1, 0.15) is 27.5 Å². The predicted molar refractivity (Wildman–Crippen MR) is 112 cm³/mol. The lowest BCUT2D eigenvalue weighted by atomic mass is 10.2. The number of hydrazone groups is 1. The summed E-state index contributed by atoms with van der Waals surface area (Å²) >= 11 is 5.98. The molecule has 0 aliphatic carbocycles. The molecule has 4 rings (SSSR count). The molecule has 0 saturated carbocycles. The van der Waals surface area contributed by atoms with Crippen molar-refractivity contribution in [3.8, 4) is 5.69 Å². The summed E-state index contributed by atoms with van der Waals surface area (Å²) in [5.41, 5.74) is 7.20. The van der Waals surface area contributed by atoms with Gasteiger partial charge in [0.15, 0.2) is 5.76 Å². The summed E-state index contributed by atoms with van der Waals surface area (Å²) in [7, 11) is 0. The molecule has 0 unspecified atom stereocenters. The molecular formula is C22H18ClN3O2. The lowest BCUT2D eigenvalue weighted by Gasteiger charge is -2.09. The van der Waals surface area contributed by atoms with Crippen molar-refractivity contribution in [1.29, 1.82) is 0 Å². The zero-order valence-corrected chi connectivity index (χ0v) is 16.2. The molecule has 0 fully saturated rings. The lowest BCUT2D eigenvalue weighted by Crippen LogP contribution is -2.16. The fourth-order valence-corrected chi connectivity index (χ4v) is 3.34. The van der Waals surface area contributed by atoms with Gasteiger partial charge < -0.3 is 8.98 Å². The fourth-order valence-electron chi connectivity index (χ4n) is 3.22. The van der Waals surface area contributed by atoms with Gasteiger partial charge in [-0.2, -0.15) is 5.10 Å². The first-order valence-corrected chi connectivity index (χ1v) is 9.17. The second-order valence-corrected chi connectivity index (χ2v) is 6.92. The summed E-state index contributed by atoms with van der Waals surface area (Å²) in [5.74, 6) is -0.163. The van der Waals surface area contributed by atoms with Gasteiger partial charge in [-0.3, -0.25) is 4.79 Å². The highest BCUT2D eigenvalue weighted by atomic mass is 35.5. The topological polar surface area (TPSA) is 59.5 Å². The Morgan fingerprint density at radius 1 is 1.11 bits per heavy atom. The van der Waals surface area contributed by atoms with E-state index in [9.17, 15) is 4.79 Å². The number of fused-ring (bicyclic) bond motifs is 1. The number of rotatable bonds is 4. The second-order valence-electron chi connectivity index (χ2n) is 6.49. The number of carbonyl (C=O) groups is 1. The molecule has 0 aliphatic heterocycles. The number of amides is 1. The molecule has 0 atom stereocenters. The second kappa shape index (κ2) is 7.37. The summed E-state index contributed by atoms with van der Waals surface area (Å²) in [6.45, 7) is 4.02. The highest BCUT2D eigenvalue weighted by Crippen LogP contribution is 2.21. The Balaban J connectivity index is 1.52. The number of aromatic nitrogens is 1. The molecule has 0 radical (unpaired) electrons. The summed E-state index contributed by atoms with van der Waals surface area (Å²) in [5, 5.41) is 5.67. The number of hydrogen-bond acceptors (Lipinski definition) is 3. The van der Waals surface area contributed by atoms with Crippen molar-refractivity contribution in [3.05, 3.63) is 88.4 Å². The van der Waals surface area contributed by atoms with E-state index in [0.29, 0.717) is 10.6 Å². The standard InChI is InChI=1S/C22H18ClN3O2/c1-14-11-17(15(2)26(14)19-9-7-18(23)8-10-19)13-24-25-22(27)21-12-16-5-3-4-6-20(16)28-21/h3-13H,1-2H3,(H,25,27)/b24-13-. The van der Waals surface area contributed by atoms with Crippen molar-refractivity contribution >= 4 is 34.7 Å². The molecule has 1 amide bonds. The Morgan fingerprint density at radius 2 is 1.86 bits per heavy atom. The highest BCUT2D eigenvalue weighted by Gasteiger charge is 2.12. The first-order valence-electron chi connectivity index (χ1n) is 8.80. The van der Waals surface area contributed by atoms with Gasteiger partial charge in [-0.1, -0.05) is 29.8 Å². The van der Waals surface area contributed by atoms with E-state index < -0.39 is 0 Å². The number of para-hydroxylation sites is 1. The van der Waals surface area contributed by atoms with Crippen LogP contribution in [0.3, 0.4) is 0 Å². The number of furan rings is 1. The van der Waals surface area contributed by atoms with Crippen LogP contribution in [0.25, 0.3) is 16.7 Å². The average Bonchev–Trinajstić information content (AvgIpc) is 3.24. The third-order valence-electron chi connectivity index (χ3n) is 4.57. The van der Waals surface area contributed by atoms with E-state index in [-0.39, 0.29) is 11.7 Å². The maximum atomic E-state index is 12.3. The molecule has 28 heavy (non-hydrogen) atoms. The molecule has 5 nitrogen and oxygen atoms in total. The Hall–Kier alpha value is -3.31. The minimum Gasteiger partial charge on any atom is -0.451 e. The zero-order valence-electron chi connectivity index (χ0n) is 15.4. The summed E-state index contributed by atoms with van der Waals surface area (Å²) < 4.78 is 7.66. The minimum absolute atomic E-state index is 0.227. The van der Waals surface area contributed by atoms with Gasteiger partial charge in [0.05, 0.1) is 6.21 Å². The van der Waals surface area contributed by atoms with Crippen LogP contribution in [-0.2, 0) is 0 Å². The van der Waals surface area contributed by atoms with Crippen LogP contribution in [0.2, 0.25) is 5.02 Å². The third kappa shape index (κ3) is 3.44. The van der Waals surface area contributed by atoms with Crippen molar-refractivity contribution in [2.75, 3.05) is 0 Å². The lowest BCUT2D eigenvalue weighted by molar-refractivity contribution is 0.0929. The first kappa shape index (κ1) is 18.1. The van der Waals surface area contributed by atoms with E-state index in [2.05, 4.69) is 15.1 Å². The van der Waals surface area contributed by atoms with E-state index in [1.165, 1.54) is 0 Å². The molecule has 2 aromatic carbocycles. The van der Waals surface area contributed by atoms with Gasteiger partial charge in [-0.05, 0) is 56.3 Å². The number of hydrogen-bond donors (Lipinski definition) is 1. The van der Waals surface area contributed by atoms with Crippen LogP contribution in [0.15, 0.2) is 70.2 Å². The van der Waals surface area contributed by atoms with Crippen LogP contribution in [-0.4, -0.2) is 16.7 Å². The van der Waals surface area contributed by atoms with Gasteiger partial charge in [0.25, 0.3) is 0 Å². The third-order valence-corrected chi connectivity index (χ3v) is 4.83. The minimum atomic E-state index is -0.390. The van der Waals surface area contributed by atoms with Crippen molar-refractivity contribution in [2.24, 2.45) is 5.10 Å². The molecule has 0 saturated heterocycles. The van der Waals surface area contributed by atoms with Crippen molar-refractivity contribution < 1.29 is 9.21 Å². The van der Waals surface area contributed by atoms with Gasteiger partial charge in [0, 0.05) is 33.0 Å². The molecule has 140 valence electrons. The molecule has 6 heteroatoms. The Morgan fingerprint density at radius 3 is 2.61 bits per heavy atom. The normalized spacial score (nSPS) is 11.4. The molecule has 4 aromatic rings. The highest BCUT2D eigenvalue weighted by molar-refractivity contribution is 6.30. The van der Waals surface area contributed by atoms with E-state index in [1.807, 2.05) is 68.4 Å². The van der Waals surface area contributed by atoms with Crippen molar-refractivity contribution in [1.82, 2.24) is 9.99 Å². The molecule has 2 aromatic heterocycles. The van der Waals surface area contributed by atoms with E-state index in [0.717, 1.165) is 28.0 Å². The maximum absolute atomic E-state index is 12.3. The largest absolute Gasteiger partial charge is 0.451 e. The molecule has 0 bridgehead atoms. The molecule has 0 spiro atoms. The van der Waals surface area contributed by atoms with Crippen molar-refractivity contribution in [2.45, 2.75) is 13.8 Å². The Kier molecular flexibility index (Phi) is 4.75. The van der Waals surface area contributed by atoms with Crippen LogP contribution in [0.4, 0.5) is 0 Å². The molecular weight excluding hydrogens is 374 g/mol. The Labute approximate surface area is 167 Å². The number of nitrogens with zero attached hydrogens (tertiary/aromatic N) is 2. The number of carbonyl (C=O) groups excluding carboxylic acids is 1.